The first kappa shape index (κ1) is 18.5. The van der Waals surface area contributed by atoms with Crippen LogP contribution in [0.2, 0.25) is 10.2 Å². The highest BCUT2D eigenvalue weighted by molar-refractivity contribution is 6.41. The molecule has 0 atom stereocenters. The Balaban J connectivity index is 2.06. The second-order valence-electron chi connectivity index (χ2n) is 5.39. The van der Waals surface area contributed by atoms with Gasteiger partial charge in [-0.05, 0) is 30.2 Å². The highest BCUT2D eigenvalue weighted by Crippen LogP contribution is 2.28. The Morgan fingerprint density at radius 2 is 1.83 bits per heavy atom. The molecule has 0 fully saturated rings. The maximum atomic E-state index is 12.5. The van der Waals surface area contributed by atoms with E-state index in [4.69, 9.17) is 32.7 Å². The summed E-state index contributed by atoms with van der Waals surface area (Å²) in [6, 6.07) is 7.30. The van der Waals surface area contributed by atoms with E-state index in [9.17, 15) is 4.79 Å². The second-order valence-corrected chi connectivity index (χ2v) is 6.16. The van der Waals surface area contributed by atoms with Crippen molar-refractivity contribution in [3.63, 3.8) is 0 Å². The van der Waals surface area contributed by atoms with Crippen LogP contribution in [0.3, 0.4) is 0 Å². The van der Waals surface area contributed by atoms with Gasteiger partial charge < -0.3 is 18.9 Å². The minimum absolute atomic E-state index is 0.133. The smallest absolute Gasteiger partial charge is 0.270 e. The first-order valence-corrected chi connectivity index (χ1v) is 8.11. The molecule has 1 aromatic carbocycles. The molecule has 2 aromatic rings. The largest absolute Gasteiger partial charge is 0.493 e. The molecule has 7 heteroatoms. The Labute approximate surface area is 151 Å². The van der Waals surface area contributed by atoms with Gasteiger partial charge in [0.2, 0.25) is 0 Å². The number of hydrogen-bond acceptors (Lipinski definition) is 3. The summed E-state index contributed by atoms with van der Waals surface area (Å²) in [5.41, 5.74) is 1.51. The predicted octanol–water partition coefficient (Wildman–Crippen LogP) is 3.66. The van der Waals surface area contributed by atoms with E-state index in [1.807, 2.05) is 18.2 Å². The lowest BCUT2D eigenvalue weighted by atomic mass is 10.1. The van der Waals surface area contributed by atoms with Crippen molar-refractivity contribution in [2.24, 2.45) is 7.05 Å². The van der Waals surface area contributed by atoms with E-state index in [1.54, 1.807) is 43.8 Å². The Hall–Kier alpha value is -1.85. The summed E-state index contributed by atoms with van der Waals surface area (Å²) >= 11 is 12.0. The zero-order chi connectivity index (χ0) is 17.9. The fraction of sp³-hybridized carbons (Fsp3) is 0.353. The summed E-state index contributed by atoms with van der Waals surface area (Å²) in [4.78, 5) is 14.2. The van der Waals surface area contributed by atoms with Crippen molar-refractivity contribution < 1.29 is 14.3 Å². The van der Waals surface area contributed by atoms with Crippen LogP contribution in [0, 0.1) is 0 Å². The normalized spacial score (nSPS) is 10.6. The molecule has 1 heterocycles. The number of methoxy groups -OCH3 is 2. The van der Waals surface area contributed by atoms with Gasteiger partial charge in [-0.25, -0.2) is 0 Å². The molecule has 0 saturated carbocycles. The summed E-state index contributed by atoms with van der Waals surface area (Å²) in [5.74, 6) is 1.22. The van der Waals surface area contributed by atoms with Crippen molar-refractivity contribution in [2.45, 2.75) is 6.42 Å². The Morgan fingerprint density at radius 1 is 1.17 bits per heavy atom. The van der Waals surface area contributed by atoms with E-state index in [0.29, 0.717) is 40.3 Å². The highest BCUT2D eigenvalue weighted by Gasteiger charge is 2.19. The van der Waals surface area contributed by atoms with Gasteiger partial charge in [-0.1, -0.05) is 29.3 Å². The molecule has 0 saturated heterocycles. The molecule has 5 nitrogen and oxygen atoms in total. The zero-order valence-corrected chi connectivity index (χ0v) is 15.6. The quantitative estimate of drug-likeness (QED) is 0.778. The van der Waals surface area contributed by atoms with Crippen molar-refractivity contribution in [3.8, 4) is 11.5 Å². The third-order valence-electron chi connectivity index (χ3n) is 3.87. The Bertz CT molecular complexity index is 744. The van der Waals surface area contributed by atoms with Crippen molar-refractivity contribution in [1.29, 1.82) is 0 Å². The zero-order valence-electron chi connectivity index (χ0n) is 14.1. The van der Waals surface area contributed by atoms with Gasteiger partial charge in [-0.3, -0.25) is 4.79 Å². The number of nitrogens with zero attached hydrogens (tertiary/aromatic N) is 2. The summed E-state index contributed by atoms with van der Waals surface area (Å²) in [6.07, 6.45) is 0.689. The lowest BCUT2D eigenvalue weighted by molar-refractivity contribution is 0.0787. The van der Waals surface area contributed by atoms with E-state index in [1.165, 1.54) is 0 Å². The lowest BCUT2D eigenvalue weighted by Crippen LogP contribution is -2.30. The van der Waals surface area contributed by atoms with Gasteiger partial charge >= 0.3 is 0 Å². The summed E-state index contributed by atoms with van der Waals surface area (Å²) in [5, 5.41) is 0.726. The summed E-state index contributed by atoms with van der Waals surface area (Å²) in [7, 11) is 6.65. The molecule has 0 spiro atoms. The lowest BCUT2D eigenvalue weighted by Gasteiger charge is -2.18. The third kappa shape index (κ3) is 3.79. The first-order chi connectivity index (χ1) is 11.4. The van der Waals surface area contributed by atoms with Crippen LogP contribution < -0.4 is 9.47 Å². The van der Waals surface area contributed by atoms with Crippen LogP contribution in [0.4, 0.5) is 0 Å². The number of halogens is 2. The number of aromatic nitrogens is 1. The van der Waals surface area contributed by atoms with Gasteiger partial charge in [0, 0.05) is 20.6 Å². The SMILES string of the molecule is COc1ccc(CCN(C)C(=O)c2cc(Cl)c(Cl)n2C)cc1OC. The van der Waals surface area contributed by atoms with Crippen molar-refractivity contribution in [1.82, 2.24) is 9.47 Å². The molecule has 0 bridgehead atoms. The number of benzene rings is 1. The molecular formula is C17H20Cl2N2O3. The predicted molar refractivity (Wildman–Crippen MR) is 95.6 cm³/mol. The van der Waals surface area contributed by atoms with Gasteiger partial charge in [0.15, 0.2) is 11.5 Å². The number of ether oxygens (including phenoxy) is 2. The molecular weight excluding hydrogens is 351 g/mol. The average molecular weight is 371 g/mol. The van der Waals surface area contributed by atoms with Crippen LogP contribution in [0.15, 0.2) is 24.3 Å². The van der Waals surface area contributed by atoms with E-state index >= 15 is 0 Å². The molecule has 1 aromatic heterocycles. The average Bonchev–Trinajstić information content (AvgIpc) is 2.85. The standard InChI is InChI=1S/C17H20Cl2N2O3/c1-20(17(22)13-10-12(18)16(19)21(13)2)8-7-11-5-6-14(23-3)15(9-11)24-4/h5-6,9-10H,7-8H2,1-4H3. The summed E-state index contributed by atoms with van der Waals surface area (Å²) < 4.78 is 12.1. The van der Waals surface area contributed by atoms with Gasteiger partial charge in [-0.15, -0.1) is 0 Å². The van der Waals surface area contributed by atoms with Crippen LogP contribution in [-0.4, -0.2) is 43.2 Å². The molecule has 2 rings (SSSR count). The van der Waals surface area contributed by atoms with E-state index in [0.717, 1.165) is 5.56 Å². The maximum Gasteiger partial charge on any atom is 0.270 e. The van der Waals surface area contributed by atoms with Crippen LogP contribution in [0.25, 0.3) is 0 Å². The molecule has 0 aliphatic heterocycles. The molecule has 0 N–H and O–H groups in total. The monoisotopic (exact) mass is 370 g/mol. The van der Waals surface area contributed by atoms with Crippen LogP contribution in [0.5, 0.6) is 11.5 Å². The molecule has 0 aliphatic carbocycles. The number of amides is 1. The number of carbonyl (C=O) groups is 1. The maximum absolute atomic E-state index is 12.5. The van der Waals surface area contributed by atoms with Crippen LogP contribution >= 0.6 is 23.2 Å². The number of rotatable bonds is 6. The topological polar surface area (TPSA) is 43.7 Å². The fourth-order valence-corrected chi connectivity index (χ4v) is 2.75. The number of carbonyl (C=O) groups excluding carboxylic acids is 1. The minimum atomic E-state index is -0.133. The Morgan fingerprint density at radius 3 is 2.38 bits per heavy atom. The van der Waals surface area contributed by atoms with E-state index in [2.05, 4.69) is 0 Å². The number of likely N-dealkylation sites (N-methyl/N-ethyl adjacent to an activating group) is 1. The van der Waals surface area contributed by atoms with E-state index in [-0.39, 0.29) is 5.91 Å². The molecule has 1 amide bonds. The first-order valence-electron chi connectivity index (χ1n) is 7.36. The minimum Gasteiger partial charge on any atom is -0.493 e. The number of hydrogen-bond donors (Lipinski definition) is 0. The highest BCUT2D eigenvalue weighted by atomic mass is 35.5. The second kappa shape index (κ2) is 7.81. The van der Waals surface area contributed by atoms with Gasteiger partial charge in [0.1, 0.15) is 10.8 Å². The van der Waals surface area contributed by atoms with Gasteiger partial charge in [0.05, 0.1) is 19.2 Å². The third-order valence-corrected chi connectivity index (χ3v) is 4.71. The van der Waals surface area contributed by atoms with Crippen molar-refractivity contribution >= 4 is 29.1 Å². The van der Waals surface area contributed by atoms with Crippen LogP contribution in [0.1, 0.15) is 16.1 Å². The molecule has 0 unspecified atom stereocenters. The molecule has 130 valence electrons. The van der Waals surface area contributed by atoms with E-state index < -0.39 is 0 Å². The summed E-state index contributed by atoms with van der Waals surface area (Å²) in [6.45, 7) is 0.550. The van der Waals surface area contributed by atoms with Gasteiger partial charge in [0.25, 0.3) is 5.91 Å². The van der Waals surface area contributed by atoms with Crippen molar-refractivity contribution in [2.75, 3.05) is 27.8 Å². The van der Waals surface area contributed by atoms with Crippen LogP contribution in [-0.2, 0) is 13.5 Å². The fourth-order valence-electron chi connectivity index (χ4n) is 2.38. The van der Waals surface area contributed by atoms with Gasteiger partial charge in [-0.2, -0.15) is 0 Å². The molecule has 0 aliphatic rings. The molecule has 0 radical (unpaired) electrons. The Kier molecular flexibility index (Phi) is 6.02. The van der Waals surface area contributed by atoms with Crippen molar-refractivity contribution in [3.05, 3.63) is 45.7 Å². The molecule has 24 heavy (non-hydrogen) atoms.